The first kappa shape index (κ1) is 16.5. The van der Waals surface area contributed by atoms with Crippen molar-refractivity contribution in [2.24, 2.45) is 0 Å². The third-order valence-corrected chi connectivity index (χ3v) is 2.70. The van der Waals surface area contributed by atoms with Gasteiger partial charge in [0.25, 0.3) is 0 Å². The van der Waals surface area contributed by atoms with Crippen LogP contribution in [-0.4, -0.2) is 36.3 Å². The van der Waals surface area contributed by atoms with Gasteiger partial charge >= 0.3 is 0 Å². The minimum atomic E-state index is 0.217. The van der Waals surface area contributed by atoms with Crippen LogP contribution in [0.3, 0.4) is 0 Å². The van der Waals surface area contributed by atoms with E-state index < -0.39 is 0 Å². The Balaban J connectivity index is 2.66. The van der Waals surface area contributed by atoms with Crippen LogP contribution in [0, 0.1) is 0 Å². The molecule has 114 valence electrons. The lowest BCUT2D eigenvalue weighted by Gasteiger charge is -2.14. The fraction of sp³-hybridized carbons (Fsp3) is 0.714. The molecule has 0 fully saturated rings. The monoisotopic (exact) mass is 282 g/mol. The van der Waals surface area contributed by atoms with E-state index in [4.69, 9.17) is 15.2 Å². The molecule has 1 aromatic heterocycles. The Morgan fingerprint density at radius 3 is 2.45 bits per heavy atom. The minimum absolute atomic E-state index is 0.217. The van der Waals surface area contributed by atoms with Crippen LogP contribution in [-0.2, 0) is 4.74 Å². The first-order chi connectivity index (χ1) is 9.45. The number of methoxy groups -OCH3 is 1. The Kier molecular flexibility index (Phi) is 6.51. The van der Waals surface area contributed by atoms with Crippen molar-refractivity contribution in [3.05, 3.63) is 5.82 Å². The van der Waals surface area contributed by atoms with E-state index in [2.05, 4.69) is 15.3 Å². The maximum Gasteiger partial charge on any atom is 0.242 e. The molecule has 1 rings (SSSR count). The third-order valence-electron chi connectivity index (χ3n) is 2.70. The number of nitrogens with two attached hydrogens (primary N) is 1. The Labute approximate surface area is 121 Å². The molecule has 3 N–H and O–H groups in total. The highest BCUT2D eigenvalue weighted by Crippen LogP contribution is 2.27. The fourth-order valence-electron chi connectivity index (χ4n) is 1.61. The predicted molar refractivity (Wildman–Crippen MR) is 81.3 cm³/mol. The number of hydrogen-bond acceptors (Lipinski definition) is 6. The first-order valence-electron chi connectivity index (χ1n) is 7.02. The summed E-state index contributed by atoms with van der Waals surface area (Å²) >= 11 is 0. The van der Waals surface area contributed by atoms with Gasteiger partial charge in [0.2, 0.25) is 5.88 Å². The Bertz CT molecular complexity index is 422. The van der Waals surface area contributed by atoms with Crippen molar-refractivity contribution in [1.29, 1.82) is 0 Å². The second-order valence-corrected chi connectivity index (χ2v) is 5.21. The maximum atomic E-state index is 5.98. The molecular formula is C14H26N4O2. The molecule has 0 unspecified atom stereocenters. The normalized spacial score (nSPS) is 11.2. The van der Waals surface area contributed by atoms with Crippen molar-refractivity contribution in [3.63, 3.8) is 0 Å². The summed E-state index contributed by atoms with van der Waals surface area (Å²) in [6.45, 7) is 9.57. The van der Waals surface area contributed by atoms with E-state index in [0.29, 0.717) is 24.0 Å². The summed E-state index contributed by atoms with van der Waals surface area (Å²) < 4.78 is 10.7. The van der Waals surface area contributed by atoms with Gasteiger partial charge in [-0.1, -0.05) is 13.8 Å². The van der Waals surface area contributed by atoms with Gasteiger partial charge in [-0.2, -0.15) is 4.98 Å². The van der Waals surface area contributed by atoms with Crippen LogP contribution in [0.4, 0.5) is 11.5 Å². The summed E-state index contributed by atoms with van der Waals surface area (Å²) in [5.41, 5.74) is 6.43. The molecule has 0 saturated heterocycles. The summed E-state index contributed by atoms with van der Waals surface area (Å²) in [7, 11) is 1.56. The van der Waals surface area contributed by atoms with Crippen molar-refractivity contribution in [3.8, 4) is 5.88 Å². The molecule has 6 nitrogen and oxygen atoms in total. The zero-order valence-corrected chi connectivity index (χ0v) is 13.1. The molecule has 6 heteroatoms. The molecular weight excluding hydrogens is 256 g/mol. The number of nitrogen functional groups attached to an aromatic ring is 1. The fourth-order valence-corrected chi connectivity index (χ4v) is 1.61. The van der Waals surface area contributed by atoms with Crippen LogP contribution < -0.4 is 15.8 Å². The molecule has 0 aromatic carbocycles. The third kappa shape index (κ3) is 4.85. The van der Waals surface area contributed by atoms with Crippen LogP contribution >= 0.6 is 0 Å². The molecule has 0 atom stereocenters. The Morgan fingerprint density at radius 1 is 1.20 bits per heavy atom. The number of aromatic nitrogens is 2. The van der Waals surface area contributed by atoms with E-state index >= 15 is 0 Å². The standard InChI is InChI=1S/C14H26N4O2/c1-9(2)12-17-13(11(15)14(18-12)19-5)16-7-6-8-20-10(3)4/h9-10H,6-8,15H2,1-5H3,(H,16,17,18). The van der Waals surface area contributed by atoms with Crippen LogP contribution in [0.1, 0.15) is 45.9 Å². The van der Waals surface area contributed by atoms with E-state index in [1.54, 1.807) is 7.11 Å². The first-order valence-corrected chi connectivity index (χ1v) is 7.02. The lowest BCUT2D eigenvalue weighted by atomic mass is 10.2. The van der Waals surface area contributed by atoms with Gasteiger partial charge < -0.3 is 20.5 Å². The van der Waals surface area contributed by atoms with Crippen LogP contribution in [0.15, 0.2) is 0 Å². The molecule has 0 saturated carbocycles. The van der Waals surface area contributed by atoms with Crippen molar-refractivity contribution in [2.45, 2.75) is 46.1 Å². The van der Waals surface area contributed by atoms with E-state index in [1.165, 1.54) is 0 Å². The smallest absolute Gasteiger partial charge is 0.242 e. The van der Waals surface area contributed by atoms with E-state index in [9.17, 15) is 0 Å². The summed E-state index contributed by atoms with van der Waals surface area (Å²) in [4.78, 5) is 8.74. The summed E-state index contributed by atoms with van der Waals surface area (Å²) in [6, 6.07) is 0. The van der Waals surface area contributed by atoms with Gasteiger partial charge in [-0.25, -0.2) is 4.98 Å². The maximum absolute atomic E-state index is 5.98. The highest BCUT2D eigenvalue weighted by Gasteiger charge is 2.14. The average molecular weight is 282 g/mol. The number of nitrogens with one attached hydrogen (secondary N) is 1. The summed E-state index contributed by atoms with van der Waals surface area (Å²) in [6.07, 6.45) is 1.15. The molecule has 0 spiro atoms. The van der Waals surface area contributed by atoms with Crippen LogP contribution in [0.5, 0.6) is 5.88 Å². The van der Waals surface area contributed by atoms with E-state index in [0.717, 1.165) is 18.8 Å². The van der Waals surface area contributed by atoms with Crippen molar-refractivity contribution in [2.75, 3.05) is 31.3 Å². The molecule has 0 aliphatic rings. The van der Waals surface area contributed by atoms with Crippen LogP contribution in [0.25, 0.3) is 0 Å². The van der Waals surface area contributed by atoms with E-state index in [-0.39, 0.29) is 12.0 Å². The predicted octanol–water partition coefficient (Wildman–Crippen LogP) is 2.42. The highest BCUT2D eigenvalue weighted by molar-refractivity contribution is 5.66. The molecule has 0 aliphatic heterocycles. The van der Waals surface area contributed by atoms with Crippen molar-refractivity contribution in [1.82, 2.24) is 9.97 Å². The summed E-state index contributed by atoms with van der Waals surface area (Å²) in [5, 5.41) is 3.22. The largest absolute Gasteiger partial charge is 0.479 e. The lowest BCUT2D eigenvalue weighted by Crippen LogP contribution is -2.13. The SMILES string of the molecule is COc1nc(C(C)C)nc(NCCCOC(C)C)c1N. The Hall–Kier alpha value is -1.56. The Morgan fingerprint density at radius 2 is 1.90 bits per heavy atom. The van der Waals surface area contributed by atoms with Gasteiger partial charge in [-0.05, 0) is 20.3 Å². The zero-order valence-electron chi connectivity index (χ0n) is 13.1. The zero-order chi connectivity index (χ0) is 15.1. The van der Waals surface area contributed by atoms with Crippen LogP contribution in [0.2, 0.25) is 0 Å². The van der Waals surface area contributed by atoms with Gasteiger partial charge in [0.05, 0.1) is 13.2 Å². The second kappa shape index (κ2) is 7.89. The van der Waals surface area contributed by atoms with Gasteiger partial charge in [0, 0.05) is 19.1 Å². The molecule has 0 aliphatic carbocycles. The molecule has 0 radical (unpaired) electrons. The van der Waals surface area contributed by atoms with E-state index in [1.807, 2.05) is 27.7 Å². The summed E-state index contributed by atoms with van der Waals surface area (Å²) in [5.74, 6) is 1.99. The van der Waals surface area contributed by atoms with Gasteiger partial charge in [0.15, 0.2) is 5.82 Å². The number of ether oxygens (including phenoxy) is 2. The van der Waals surface area contributed by atoms with Crippen molar-refractivity contribution < 1.29 is 9.47 Å². The quantitative estimate of drug-likeness (QED) is 0.713. The second-order valence-electron chi connectivity index (χ2n) is 5.21. The number of anilines is 2. The molecule has 20 heavy (non-hydrogen) atoms. The molecule has 1 heterocycles. The molecule has 0 amide bonds. The lowest BCUT2D eigenvalue weighted by molar-refractivity contribution is 0.0787. The van der Waals surface area contributed by atoms with Gasteiger partial charge in [-0.15, -0.1) is 0 Å². The van der Waals surface area contributed by atoms with Gasteiger partial charge in [0.1, 0.15) is 11.5 Å². The van der Waals surface area contributed by atoms with Gasteiger partial charge in [-0.3, -0.25) is 0 Å². The van der Waals surface area contributed by atoms with Crippen molar-refractivity contribution >= 4 is 11.5 Å². The molecule has 1 aromatic rings. The number of nitrogens with zero attached hydrogens (tertiary/aromatic N) is 2. The highest BCUT2D eigenvalue weighted by atomic mass is 16.5. The minimum Gasteiger partial charge on any atom is -0.479 e. The topological polar surface area (TPSA) is 82.3 Å². The molecule has 0 bridgehead atoms. The number of hydrogen-bond donors (Lipinski definition) is 2. The number of rotatable bonds is 8. The average Bonchev–Trinajstić information content (AvgIpc) is 2.39.